The zero-order valence-corrected chi connectivity index (χ0v) is 20.0. The Morgan fingerprint density at radius 3 is 2.47 bits per heavy atom. The van der Waals surface area contributed by atoms with Crippen molar-refractivity contribution in [3.8, 4) is 0 Å². The Morgan fingerprint density at radius 2 is 1.72 bits per heavy atom. The number of thiophene rings is 1. The number of aromatic amines is 1. The summed E-state index contributed by atoms with van der Waals surface area (Å²) in [7, 11) is 0. The number of para-hydroxylation sites is 1. The van der Waals surface area contributed by atoms with Crippen molar-refractivity contribution < 1.29 is 22.8 Å². The van der Waals surface area contributed by atoms with E-state index in [2.05, 4.69) is 14.9 Å². The highest BCUT2D eigenvalue weighted by molar-refractivity contribution is 7.17. The van der Waals surface area contributed by atoms with E-state index in [0.717, 1.165) is 21.1 Å². The van der Waals surface area contributed by atoms with Crippen LogP contribution in [-0.4, -0.2) is 52.1 Å². The molecule has 6 rings (SSSR count). The van der Waals surface area contributed by atoms with Crippen LogP contribution < -0.4 is 5.32 Å². The molecule has 2 N–H and O–H groups in total. The van der Waals surface area contributed by atoms with Gasteiger partial charge in [0.25, 0.3) is 11.8 Å². The zero-order valence-electron chi connectivity index (χ0n) is 19.2. The van der Waals surface area contributed by atoms with Crippen LogP contribution in [0.3, 0.4) is 0 Å². The van der Waals surface area contributed by atoms with Gasteiger partial charge in [-0.1, -0.05) is 18.2 Å². The van der Waals surface area contributed by atoms with Gasteiger partial charge in [0, 0.05) is 41.0 Å². The van der Waals surface area contributed by atoms with Crippen LogP contribution in [0.2, 0.25) is 0 Å². The van der Waals surface area contributed by atoms with Gasteiger partial charge in [-0.25, -0.2) is 0 Å². The zero-order chi connectivity index (χ0) is 25.0. The van der Waals surface area contributed by atoms with E-state index >= 15 is 0 Å². The van der Waals surface area contributed by atoms with Crippen molar-refractivity contribution in [1.29, 1.82) is 0 Å². The molecule has 0 radical (unpaired) electrons. The van der Waals surface area contributed by atoms with Crippen LogP contribution in [0.1, 0.15) is 24.0 Å². The average Bonchev–Trinajstić information content (AvgIpc) is 3.58. The molecule has 2 aliphatic rings. The first-order valence-corrected chi connectivity index (χ1v) is 12.7. The van der Waals surface area contributed by atoms with E-state index in [-0.39, 0.29) is 5.92 Å². The second-order valence-corrected chi connectivity index (χ2v) is 10.4. The van der Waals surface area contributed by atoms with Crippen molar-refractivity contribution in [2.24, 2.45) is 5.92 Å². The van der Waals surface area contributed by atoms with Crippen LogP contribution in [0.5, 0.6) is 0 Å². The maximum Gasteiger partial charge on any atom is 0.401 e. The highest BCUT2D eigenvalue weighted by atomic mass is 32.1. The lowest BCUT2D eigenvalue weighted by Gasteiger charge is -2.32. The number of carbonyl (C=O) groups excluding carboxylic acids is 2. The van der Waals surface area contributed by atoms with Gasteiger partial charge >= 0.3 is 6.18 Å². The Morgan fingerprint density at radius 1 is 1.00 bits per heavy atom. The number of hydrogen-bond donors (Lipinski definition) is 2. The molecule has 0 spiro atoms. The number of benzene rings is 1. The van der Waals surface area contributed by atoms with Crippen molar-refractivity contribution in [3.05, 3.63) is 59.2 Å². The number of alkyl halides is 3. The molecular weight excluding hydrogens is 489 g/mol. The minimum atomic E-state index is -4.18. The number of amides is 2. The number of halogens is 3. The lowest BCUT2D eigenvalue weighted by molar-refractivity contribution is -0.148. The molecule has 0 unspecified atom stereocenters. The standard InChI is InChI=1S/C26H23F3N4O2S/c27-26(28,29)14-32-8-5-15(6-9-32)12-33-13-18(16-3-1-2-4-20(16)33)22-21(24(34)31-25(22)35)17-11-30-19-7-10-36-23(17)19/h1-4,7,10-11,13,15,30H,5-6,8-9,12,14H2,(H,31,34,35). The normalized spacial score (nSPS) is 18.2. The average molecular weight is 513 g/mol. The van der Waals surface area contributed by atoms with Crippen LogP contribution in [0, 0.1) is 5.92 Å². The van der Waals surface area contributed by atoms with Gasteiger partial charge < -0.3 is 9.55 Å². The Hall–Kier alpha value is -3.37. The number of piperidine rings is 1. The number of hydrogen-bond acceptors (Lipinski definition) is 4. The van der Waals surface area contributed by atoms with Gasteiger partial charge in [-0.2, -0.15) is 13.2 Å². The van der Waals surface area contributed by atoms with E-state index in [0.29, 0.717) is 54.7 Å². The van der Waals surface area contributed by atoms with Crippen LogP contribution in [-0.2, 0) is 16.1 Å². The summed E-state index contributed by atoms with van der Waals surface area (Å²) < 4.78 is 41.3. The Balaban J connectivity index is 1.37. The minimum absolute atomic E-state index is 0.223. The number of likely N-dealkylation sites (tertiary alicyclic amines) is 1. The molecule has 36 heavy (non-hydrogen) atoms. The fourth-order valence-electron chi connectivity index (χ4n) is 5.46. The van der Waals surface area contributed by atoms with Gasteiger partial charge in [0.15, 0.2) is 0 Å². The summed E-state index contributed by atoms with van der Waals surface area (Å²) in [6.07, 6.45) is 0.841. The molecule has 2 aliphatic heterocycles. The third kappa shape index (κ3) is 4.04. The molecule has 0 aliphatic carbocycles. The molecule has 186 valence electrons. The summed E-state index contributed by atoms with van der Waals surface area (Å²) >= 11 is 1.51. The van der Waals surface area contributed by atoms with Gasteiger partial charge in [-0.05, 0) is 49.4 Å². The third-order valence-electron chi connectivity index (χ3n) is 7.11. The third-order valence-corrected chi connectivity index (χ3v) is 8.05. The van der Waals surface area contributed by atoms with Crippen LogP contribution >= 0.6 is 11.3 Å². The first-order valence-electron chi connectivity index (χ1n) is 11.8. The van der Waals surface area contributed by atoms with Crippen molar-refractivity contribution in [2.75, 3.05) is 19.6 Å². The fraction of sp³-hybridized carbons (Fsp3) is 0.308. The molecule has 10 heteroatoms. The minimum Gasteiger partial charge on any atom is -0.360 e. The highest BCUT2D eigenvalue weighted by Gasteiger charge is 2.36. The van der Waals surface area contributed by atoms with Gasteiger partial charge in [-0.3, -0.25) is 19.8 Å². The first kappa shape index (κ1) is 23.1. The van der Waals surface area contributed by atoms with E-state index in [9.17, 15) is 22.8 Å². The van der Waals surface area contributed by atoms with Crippen molar-refractivity contribution in [2.45, 2.75) is 25.6 Å². The molecule has 3 aromatic heterocycles. The molecule has 5 heterocycles. The summed E-state index contributed by atoms with van der Waals surface area (Å²) in [5, 5.41) is 5.27. The van der Waals surface area contributed by atoms with Crippen molar-refractivity contribution in [3.63, 3.8) is 0 Å². The molecule has 4 aromatic rings. The number of H-pyrrole nitrogens is 1. The molecule has 2 amide bonds. The predicted octanol–water partition coefficient (Wildman–Crippen LogP) is 5.03. The molecular formula is C26H23F3N4O2S. The fourth-order valence-corrected chi connectivity index (χ4v) is 6.34. The molecule has 0 atom stereocenters. The number of fused-ring (bicyclic) bond motifs is 2. The molecule has 0 saturated carbocycles. The van der Waals surface area contributed by atoms with Gasteiger partial charge in [0.05, 0.1) is 27.9 Å². The Kier molecular flexibility index (Phi) is 5.53. The lowest BCUT2D eigenvalue weighted by atomic mass is 9.96. The van der Waals surface area contributed by atoms with Crippen LogP contribution in [0.25, 0.3) is 32.3 Å². The molecule has 6 nitrogen and oxygen atoms in total. The number of rotatable bonds is 5. The topological polar surface area (TPSA) is 70.1 Å². The summed E-state index contributed by atoms with van der Waals surface area (Å²) in [5.74, 6) is -0.622. The smallest absolute Gasteiger partial charge is 0.360 e. The second-order valence-electron chi connectivity index (χ2n) is 9.45. The largest absolute Gasteiger partial charge is 0.401 e. The van der Waals surface area contributed by atoms with E-state index in [4.69, 9.17) is 0 Å². The number of aromatic nitrogens is 2. The summed E-state index contributed by atoms with van der Waals surface area (Å²) in [6.45, 7) is 0.588. The maximum absolute atomic E-state index is 13.1. The van der Waals surface area contributed by atoms with Crippen LogP contribution in [0.15, 0.2) is 48.1 Å². The summed E-state index contributed by atoms with van der Waals surface area (Å²) in [4.78, 5) is 30.6. The SMILES string of the molecule is O=C1NC(=O)C(c2c[nH]c3ccsc23)=C1c1cn(CC2CCN(CC(F)(F)F)CC2)c2ccccc12. The first-order chi connectivity index (χ1) is 17.3. The van der Waals surface area contributed by atoms with E-state index < -0.39 is 24.5 Å². The van der Waals surface area contributed by atoms with Crippen molar-refractivity contribution >= 4 is 55.4 Å². The predicted molar refractivity (Wildman–Crippen MR) is 133 cm³/mol. The summed E-state index contributed by atoms with van der Waals surface area (Å²) in [5.41, 5.74) is 3.94. The highest BCUT2D eigenvalue weighted by Crippen LogP contribution is 2.40. The number of imide groups is 1. The van der Waals surface area contributed by atoms with Gasteiger partial charge in [0.2, 0.25) is 0 Å². The van der Waals surface area contributed by atoms with E-state index in [1.807, 2.05) is 41.9 Å². The van der Waals surface area contributed by atoms with Gasteiger partial charge in [0.1, 0.15) is 0 Å². The number of nitrogens with one attached hydrogen (secondary N) is 2. The lowest BCUT2D eigenvalue weighted by Crippen LogP contribution is -2.40. The molecule has 0 bridgehead atoms. The van der Waals surface area contributed by atoms with Gasteiger partial charge in [-0.15, -0.1) is 11.3 Å². The maximum atomic E-state index is 13.1. The van der Waals surface area contributed by atoms with Crippen LogP contribution in [0.4, 0.5) is 13.2 Å². The second kappa shape index (κ2) is 8.63. The Labute approximate surface area is 208 Å². The summed E-state index contributed by atoms with van der Waals surface area (Å²) in [6, 6.07) is 9.66. The van der Waals surface area contributed by atoms with E-state index in [1.165, 1.54) is 16.2 Å². The Bertz CT molecular complexity index is 1520. The number of nitrogens with zero attached hydrogens (tertiary/aromatic N) is 2. The molecule has 1 fully saturated rings. The molecule has 1 aromatic carbocycles. The number of carbonyl (C=O) groups is 2. The van der Waals surface area contributed by atoms with Crippen molar-refractivity contribution in [1.82, 2.24) is 19.8 Å². The molecule has 1 saturated heterocycles. The monoisotopic (exact) mass is 512 g/mol. The van der Waals surface area contributed by atoms with E-state index in [1.54, 1.807) is 6.20 Å². The quantitative estimate of drug-likeness (QED) is 0.369.